The highest BCUT2D eigenvalue weighted by molar-refractivity contribution is 5.82. The Hall–Kier alpha value is -1.11. The van der Waals surface area contributed by atoms with Crippen LogP contribution in [-0.2, 0) is 0 Å². The molecular weight excluding hydrogens is 170 g/mol. The van der Waals surface area contributed by atoms with E-state index in [-0.39, 0.29) is 0 Å². The minimum atomic E-state index is 0.421. The van der Waals surface area contributed by atoms with E-state index in [0.717, 1.165) is 0 Å². The molecule has 1 nitrogen and oxygen atoms in total. The molecule has 0 spiro atoms. The van der Waals surface area contributed by atoms with Crippen LogP contribution in [0, 0.1) is 6.92 Å². The summed E-state index contributed by atoms with van der Waals surface area (Å²) in [5.74, 6) is 0. The zero-order valence-corrected chi connectivity index (χ0v) is 8.96. The average molecular weight is 187 g/mol. The third-order valence-corrected chi connectivity index (χ3v) is 2.85. The third kappa shape index (κ3) is 2.03. The van der Waals surface area contributed by atoms with Crippen LogP contribution in [0.4, 0.5) is 0 Å². The normalized spacial score (nSPS) is 21.9. The third-order valence-electron chi connectivity index (χ3n) is 2.85. The maximum absolute atomic E-state index is 4.70. The minimum Gasteiger partial charge on any atom is -0.286 e. The first kappa shape index (κ1) is 9.45. The second kappa shape index (κ2) is 3.95. The van der Waals surface area contributed by atoms with Gasteiger partial charge < -0.3 is 0 Å². The van der Waals surface area contributed by atoms with E-state index in [2.05, 4.69) is 38.1 Å². The Morgan fingerprint density at radius 3 is 2.50 bits per heavy atom. The van der Waals surface area contributed by atoms with Crippen molar-refractivity contribution in [2.24, 2.45) is 4.99 Å². The molecule has 1 aliphatic rings. The number of hydrogen-bond donors (Lipinski definition) is 0. The lowest BCUT2D eigenvalue weighted by molar-refractivity contribution is 0.595. The van der Waals surface area contributed by atoms with Gasteiger partial charge in [-0.2, -0.15) is 0 Å². The van der Waals surface area contributed by atoms with Gasteiger partial charge >= 0.3 is 0 Å². The van der Waals surface area contributed by atoms with E-state index in [1.807, 2.05) is 0 Å². The largest absolute Gasteiger partial charge is 0.286 e. The average Bonchev–Trinajstić information content (AvgIpc) is 2.19. The quantitative estimate of drug-likeness (QED) is 0.636. The predicted molar refractivity (Wildman–Crippen MR) is 60.9 cm³/mol. The fraction of sp³-hybridized carbons (Fsp3) is 0.462. The summed E-state index contributed by atoms with van der Waals surface area (Å²) in [7, 11) is 0. The highest BCUT2D eigenvalue weighted by atomic mass is 14.8. The Labute approximate surface area is 85.9 Å². The molecule has 2 rings (SSSR count). The zero-order chi connectivity index (χ0) is 9.97. The molecule has 1 unspecified atom stereocenters. The summed E-state index contributed by atoms with van der Waals surface area (Å²) in [5, 5.41) is 0. The molecule has 1 atom stereocenters. The standard InChI is InChI=1S/C13H17N/c1-10-6-8-12(9-7-10)13-5-3-4-11(2)14-13/h6-9,13H,3-5H2,1-2H3. The molecule has 0 radical (unpaired) electrons. The summed E-state index contributed by atoms with van der Waals surface area (Å²) >= 11 is 0. The fourth-order valence-electron chi connectivity index (χ4n) is 1.98. The van der Waals surface area contributed by atoms with E-state index < -0.39 is 0 Å². The van der Waals surface area contributed by atoms with Crippen LogP contribution in [0.15, 0.2) is 29.3 Å². The van der Waals surface area contributed by atoms with Gasteiger partial charge in [-0.1, -0.05) is 29.8 Å². The Kier molecular flexibility index (Phi) is 2.67. The summed E-state index contributed by atoms with van der Waals surface area (Å²) in [6, 6.07) is 9.19. The molecule has 1 heteroatoms. The van der Waals surface area contributed by atoms with Crippen LogP contribution in [0.1, 0.15) is 43.4 Å². The maximum atomic E-state index is 4.70. The van der Waals surface area contributed by atoms with E-state index in [1.165, 1.54) is 36.1 Å². The molecule has 0 N–H and O–H groups in total. The fourth-order valence-corrected chi connectivity index (χ4v) is 1.98. The van der Waals surface area contributed by atoms with Crippen LogP contribution < -0.4 is 0 Å². The van der Waals surface area contributed by atoms with Crippen molar-refractivity contribution in [3.63, 3.8) is 0 Å². The van der Waals surface area contributed by atoms with E-state index >= 15 is 0 Å². The highest BCUT2D eigenvalue weighted by Gasteiger charge is 2.14. The molecule has 0 bridgehead atoms. The van der Waals surface area contributed by atoms with Crippen molar-refractivity contribution >= 4 is 5.71 Å². The van der Waals surface area contributed by atoms with E-state index in [1.54, 1.807) is 0 Å². The van der Waals surface area contributed by atoms with Crippen molar-refractivity contribution < 1.29 is 0 Å². The van der Waals surface area contributed by atoms with E-state index in [9.17, 15) is 0 Å². The molecule has 0 aromatic heterocycles. The van der Waals surface area contributed by atoms with Gasteiger partial charge in [0.2, 0.25) is 0 Å². The van der Waals surface area contributed by atoms with Crippen LogP contribution in [0.3, 0.4) is 0 Å². The SMILES string of the molecule is CC1=NC(c2ccc(C)cc2)CCC1. The monoisotopic (exact) mass is 187 g/mol. The topological polar surface area (TPSA) is 12.4 Å². The number of rotatable bonds is 1. The predicted octanol–water partition coefficient (Wildman–Crippen LogP) is 3.68. The summed E-state index contributed by atoms with van der Waals surface area (Å²) < 4.78 is 0. The van der Waals surface area contributed by atoms with Gasteiger partial charge in [-0.25, -0.2) is 0 Å². The Balaban J connectivity index is 2.22. The van der Waals surface area contributed by atoms with Crippen molar-refractivity contribution in [3.8, 4) is 0 Å². The van der Waals surface area contributed by atoms with Gasteiger partial charge in [0, 0.05) is 5.71 Å². The molecule has 0 amide bonds. The Morgan fingerprint density at radius 2 is 1.86 bits per heavy atom. The number of aryl methyl sites for hydroxylation is 1. The molecule has 0 aliphatic carbocycles. The van der Waals surface area contributed by atoms with Gasteiger partial charge in [0.1, 0.15) is 0 Å². The molecule has 0 fully saturated rings. The molecule has 74 valence electrons. The van der Waals surface area contributed by atoms with E-state index in [4.69, 9.17) is 4.99 Å². The molecule has 1 aromatic carbocycles. The zero-order valence-electron chi connectivity index (χ0n) is 8.96. The molecule has 1 heterocycles. The molecular formula is C13H17N. The minimum absolute atomic E-state index is 0.421. The van der Waals surface area contributed by atoms with Gasteiger partial charge in [-0.05, 0) is 38.7 Å². The second-order valence-corrected chi connectivity index (χ2v) is 4.18. The number of hydrogen-bond acceptors (Lipinski definition) is 1. The van der Waals surface area contributed by atoms with Crippen molar-refractivity contribution in [1.82, 2.24) is 0 Å². The first-order chi connectivity index (χ1) is 6.75. The molecule has 1 aliphatic heterocycles. The first-order valence-corrected chi connectivity index (χ1v) is 5.35. The van der Waals surface area contributed by atoms with Gasteiger partial charge in [0.05, 0.1) is 6.04 Å². The molecule has 14 heavy (non-hydrogen) atoms. The highest BCUT2D eigenvalue weighted by Crippen LogP contribution is 2.27. The van der Waals surface area contributed by atoms with Crippen molar-refractivity contribution in [1.29, 1.82) is 0 Å². The molecule has 0 saturated carbocycles. The van der Waals surface area contributed by atoms with Gasteiger partial charge in [-0.3, -0.25) is 4.99 Å². The summed E-state index contributed by atoms with van der Waals surface area (Å²) in [6.07, 6.45) is 3.68. The van der Waals surface area contributed by atoms with Crippen LogP contribution >= 0.6 is 0 Å². The smallest absolute Gasteiger partial charge is 0.0748 e. The lowest BCUT2D eigenvalue weighted by Gasteiger charge is -2.19. The molecule has 0 saturated heterocycles. The molecule has 1 aromatic rings. The number of aliphatic imine (C=N–C) groups is 1. The van der Waals surface area contributed by atoms with Crippen LogP contribution in [0.25, 0.3) is 0 Å². The first-order valence-electron chi connectivity index (χ1n) is 5.35. The lowest BCUT2D eigenvalue weighted by atomic mass is 9.97. The van der Waals surface area contributed by atoms with E-state index in [0.29, 0.717) is 6.04 Å². The van der Waals surface area contributed by atoms with Crippen molar-refractivity contribution in [2.45, 2.75) is 39.2 Å². The second-order valence-electron chi connectivity index (χ2n) is 4.18. The number of nitrogens with zero attached hydrogens (tertiary/aromatic N) is 1. The van der Waals surface area contributed by atoms with Crippen molar-refractivity contribution in [3.05, 3.63) is 35.4 Å². The maximum Gasteiger partial charge on any atom is 0.0748 e. The van der Waals surface area contributed by atoms with Crippen molar-refractivity contribution in [2.75, 3.05) is 0 Å². The van der Waals surface area contributed by atoms with Gasteiger partial charge in [0.25, 0.3) is 0 Å². The summed E-state index contributed by atoms with van der Waals surface area (Å²) in [5.41, 5.74) is 4.00. The van der Waals surface area contributed by atoms with Gasteiger partial charge in [-0.15, -0.1) is 0 Å². The number of benzene rings is 1. The van der Waals surface area contributed by atoms with Crippen LogP contribution in [-0.4, -0.2) is 5.71 Å². The summed E-state index contributed by atoms with van der Waals surface area (Å²) in [4.78, 5) is 4.70. The Bertz CT molecular complexity index is 335. The van der Waals surface area contributed by atoms with Crippen LogP contribution in [0.5, 0.6) is 0 Å². The van der Waals surface area contributed by atoms with Gasteiger partial charge in [0.15, 0.2) is 0 Å². The lowest BCUT2D eigenvalue weighted by Crippen LogP contribution is -2.06. The Morgan fingerprint density at radius 1 is 1.14 bits per heavy atom. The summed E-state index contributed by atoms with van der Waals surface area (Å²) in [6.45, 7) is 4.26. The van der Waals surface area contributed by atoms with Crippen LogP contribution in [0.2, 0.25) is 0 Å².